The van der Waals surface area contributed by atoms with E-state index in [0.717, 1.165) is 50.4 Å². The van der Waals surface area contributed by atoms with Gasteiger partial charge in [0.1, 0.15) is 0 Å². The van der Waals surface area contributed by atoms with Gasteiger partial charge in [0.25, 0.3) is 5.69 Å². The third kappa shape index (κ3) is 6.57. The number of nitrogens with zero attached hydrogens (tertiary/aromatic N) is 3. The summed E-state index contributed by atoms with van der Waals surface area (Å²) in [7, 11) is 0. The predicted octanol–water partition coefficient (Wildman–Crippen LogP) is 4.46. The third-order valence-corrected chi connectivity index (χ3v) is 5.71. The van der Waals surface area contributed by atoms with Crippen molar-refractivity contribution in [2.24, 2.45) is 0 Å². The number of hydrogen-bond donors (Lipinski definition) is 1. The zero-order valence-electron chi connectivity index (χ0n) is 17.7. The van der Waals surface area contributed by atoms with Crippen LogP contribution in [0.4, 0.5) is 11.4 Å². The fourth-order valence-corrected chi connectivity index (χ4v) is 3.89. The molecule has 0 aliphatic carbocycles. The number of non-ortho nitro benzene ring substituents is 1. The van der Waals surface area contributed by atoms with Crippen LogP contribution in [0.5, 0.6) is 0 Å². The maximum Gasteiger partial charge on any atom is 0.269 e. The van der Waals surface area contributed by atoms with Gasteiger partial charge in [-0.1, -0.05) is 26.0 Å². The second kappa shape index (κ2) is 12.1. The highest BCUT2D eigenvalue weighted by Crippen LogP contribution is 2.23. The SMILES string of the molecule is CCN1CCc2ccc(N)cc2C1.CCN1CCc2ccc([N+](=O)[O-])cc2C1.Cl.Cl. The Morgan fingerprint density at radius 1 is 0.867 bits per heavy atom. The van der Waals surface area contributed by atoms with Gasteiger partial charge in [0.15, 0.2) is 0 Å². The van der Waals surface area contributed by atoms with Gasteiger partial charge >= 0.3 is 0 Å². The lowest BCUT2D eigenvalue weighted by atomic mass is 9.99. The van der Waals surface area contributed by atoms with Crippen molar-refractivity contribution < 1.29 is 4.92 Å². The molecule has 0 fully saturated rings. The Hall–Kier alpha value is -1.86. The van der Waals surface area contributed by atoms with Crippen molar-refractivity contribution in [1.82, 2.24) is 9.80 Å². The molecule has 2 heterocycles. The minimum Gasteiger partial charge on any atom is -0.399 e. The second-order valence-corrected chi connectivity index (χ2v) is 7.48. The van der Waals surface area contributed by atoms with Gasteiger partial charge in [0.2, 0.25) is 0 Å². The Balaban J connectivity index is 0.000000284. The largest absolute Gasteiger partial charge is 0.399 e. The highest BCUT2D eigenvalue weighted by atomic mass is 35.5. The van der Waals surface area contributed by atoms with Gasteiger partial charge in [0.05, 0.1) is 4.92 Å². The van der Waals surface area contributed by atoms with Crippen molar-refractivity contribution >= 4 is 36.2 Å². The van der Waals surface area contributed by atoms with Crippen molar-refractivity contribution in [2.75, 3.05) is 31.9 Å². The first-order valence-electron chi connectivity index (χ1n) is 10.1. The molecule has 2 aliphatic heterocycles. The Labute approximate surface area is 191 Å². The number of fused-ring (bicyclic) bond motifs is 2. The number of halogens is 2. The van der Waals surface area contributed by atoms with Gasteiger partial charge in [-0.05, 0) is 60.3 Å². The smallest absolute Gasteiger partial charge is 0.269 e. The average Bonchev–Trinajstić information content (AvgIpc) is 2.72. The molecule has 166 valence electrons. The molecule has 30 heavy (non-hydrogen) atoms. The minimum absolute atomic E-state index is 0. The molecule has 0 atom stereocenters. The fraction of sp³-hybridized carbons (Fsp3) is 0.455. The van der Waals surface area contributed by atoms with E-state index in [1.807, 2.05) is 12.1 Å². The van der Waals surface area contributed by atoms with Crippen LogP contribution in [-0.4, -0.2) is 40.9 Å². The third-order valence-electron chi connectivity index (χ3n) is 5.71. The highest BCUT2D eigenvalue weighted by Gasteiger charge is 2.17. The van der Waals surface area contributed by atoms with E-state index < -0.39 is 0 Å². The van der Waals surface area contributed by atoms with E-state index in [2.05, 4.69) is 35.8 Å². The molecule has 4 rings (SSSR count). The number of anilines is 1. The quantitative estimate of drug-likeness (QED) is 0.420. The summed E-state index contributed by atoms with van der Waals surface area (Å²) in [5.41, 5.74) is 12.1. The lowest BCUT2D eigenvalue weighted by Crippen LogP contribution is -2.30. The standard InChI is InChI=1S/C11H14N2O2.C11H16N2.2ClH/c1-2-12-6-5-9-3-4-11(13(14)15)7-10(9)8-12;1-2-13-6-5-9-3-4-11(12)7-10(9)8-13;;/h3-4,7H,2,5-6,8H2,1H3;3-4,7H,2,5-6,8,12H2,1H3;2*1H. The van der Waals surface area contributed by atoms with Crippen molar-refractivity contribution in [1.29, 1.82) is 0 Å². The first-order valence-corrected chi connectivity index (χ1v) is 10.1. The average molecular weight is 455 g/mol. The molecule has 0 bridgehead atoms. The maximum atomic E-state index is 10.6. The van der Waals surface area contributed by atoms with E-state index in [4.69, 9.17) is 5.73 Å². The van der Waals surface area contributed by atoms with E-state index in [1.54, 1.807) is 12.1 Å². The van der Waals surface area contributed by atoms with E-state index in [-0.39, 0.29) is 35.4 Å². The van der Waals surface area contributed by atoms with E-state index in [1.165, 1.54) is 29.7 Å². The van der Waals surface area contributed by atoms with Gasteiger partial charge < -0.3 is 5.73 Å². The molecule has 2 aliphatic rings. The number of nitro benzene ring substituents is 1. The number of nitrogen functional groups attached to an aromatic ring is 1. The first-order chi connectivity index (χ1) is 13.5. The highest BCUT2D eigenvalue weighted by molar-refractivity contribution is 5.85. The van der Waals surface area contributed by atoms with Gasteiger partial charge in [-0.25, -0.2) is 0 Å². The molecule has 2 N–H and O–H groups in total. The summed E-state index contributed by atoms with van der Waals surface area (Å²) in [5.74, 6) is 0. The van der Waals surface area contributed by atoms with Crippen LogP contribution in [0.3, 0.4) is 0 Å². The van der Waals surface area contributed by atoms with Gasteiger partial charge in [0, 0.05) is 44.0 Å². The molecule has 0 saturated heterocycles. The number of nitrogens with two attached hydrogens (primary N) is 1. The summed E-state index contributed by atoms with van der Waals surface area (Å²) in [6, 6.07) is 11.5. The van der Waals surface area contributed by atoms with Gasteiger partial charge in [-0.2, -0.15) is 0 Å². The number of rotatable bonds is 3. The molecule has 0 radical (unpaired) electrons. The van der Waals surface area contributed by atoms with Crippen molar-refractivity contribution in [2.45, 2.75) is 39.8 Å². The Morgan fingerprint density at radius 2 is 1.37 bits per heavy atom. The van der Waals surface area contributed by atoms with Crippen LogP contribution >= 0.6 is 24.8 Å². The summed E-state index contributed by atoms with van der Waals surface area (Å²) in [5, 5.41) is 10.6. The zero-order valence-corrected chi connectivity index (χ0v) is 19.3. The Bertz CT molecular complexity index is 848. The summed E-state index contributed by atoms with van der Waals surface area (Å²) in [6.45, 7) is 10.6. The monoisotopic (exact) mass is 454 g/mol. The molecule has 0 spiro atoms. The van der Waals surface area contributed by atoms with E-state index in [0.29, 0.717) is 0 Å². The molecule has 2 aromatic rings. The number of benzene rings is 2. The molecule has 2 aromatic carbocycles. The summed E-state index contributed by atoms with van der Waals surface area (Å²) < 4.78 is 0. The van der Waals surface area contributed by atoms with Crippen LogP contribution in [0, 0.1) is 10.1 Å². The summed E-state index contributed by atoms with van der Waals surface area (Å²) >= 11 is 0. The zero-order chi connectivity index (χ0) is 20.1. The van der Waals surface area contributed by atoms with E-state index in [9.17, 15) is 10.1 Å². The number of likely N-dealkylation sites (N-methyl/N-ethyl adjacent to an activating group) is 2. The normalized spacial score (nSPS) is 15.4. The predicted molar refractivity (Wildman–Crippen MR) is 128 cm³/mol. The first kappa shape index (κ1) is 26.2. The fourth-order valence-electron chi connectivity index (χ4n) is 3.89. The van der Waals surface area contributed by atoms with Crippen molar-refractivity contribution in [3.8, 4) is 0 Å². The lowest BCUT2D eigenvalue weighted by Gasteiger charge is -2.27. The molecule has 8 heteroatoms. The van der Waals surface area contributed by atoms with Crippen LogP contribution < -0.4 is 5.73 Å². The molecular formula is C22H32Cl2N4O2. The molecule has 6 nitrogen and oxygen atoms in total. The summed E-state index contributed by atoms with van der Waals surface area (Å²) in [4.78, 5) is 15.0. The van der Waals surface area contributed by atoms with Crippen molar-refractivity contribution in [3.63, 3.8) is 0 Å². The molecule has 0 unspecified atom stereocenters. The maximum absolute atomic E-state index is 10.6. The molecular weight excluding hydrogens is 423 g/mol. The van der Waals surface area contributed by atoms with Crippen LogP contribution in [0.1, 0.15) is 36.1 Å². The topological polar surface area (TPSA) is 75.6 Å². The molecule has 0 aromatic heterocycles. The molecule has 0 saturated carbocycles. The van der Waals surface area contributed by atoms with Crippen LogP contribution in [0.15, 0.2) is 36.4 Å². The minimum atomic E-state index is -0.328. The van der Waals surface area contributed by atoms with Gasteiger partial charge in [-0.3, -0.25) is 19.9 Å². The van der Waals surface area contributed by atoms with Crippen LogP contribution in [0.2, 0.25) is 0 Å². The lowest BCUT2D eigenvalue weighted by molar-refractivity contribution is -0.385. The molecule has 0 amide bonds. The van der Waals surface area contributed by atoms with Crippen LogP contribution in [-0.2, 0) is 25.9 Å². The second-order valence-electron chi connectivity index (χ2n) is 7.48. The number of nitro groups is 1. The van der Waals surface area contributed by atoms with Crippen molar-refractivity contribution in [3.05, 3.63) is 68.8 Å². The van der Waals surface area contributed by atoms with Gasteiger partial charge in [-0.15, -0.1) is 24.8 Å². The van der Waals surface area contributed by atoms with E-state index >= 15 is 0 Å². The number of hydrogen-bond acceptors (Lipinski definition) is 5. The Morgan fingerprint density at radius 3 is 1.87 bits per heavy atom. The Kier molecular flexibility index (Phi) is 10.6. The summed E-state index contributed by atoms with van der Waals surface area (Å²) in [6.07, 6.45) is 2.17. The van der Waals surface area contributed by atoms with Crippen LogP contribution in [0.25, 0.3) is 0 Å².